The Labute approximate surface area is 416 Å². The van der Waals surface area contributed by atoms with E-state index in [-0.39, 0.29) is 18.1 Å². The smallest absolute Gasteiger partial charge is 0.324 e. The van der Waals surface area contributed by atoms with E-state index in [9.17, 15) is 5.11 Å². The van der Waals surface area contributed by atoms with E-state index in [0.29, 0.717) is 34.9 Å². The Hall–Kier alpha value is -4.34. The molecule has 0 unspecified atom stereocenters. The first-order chi connectivity index (χ1) is 32.3. The molecule has 7 heterocycles. The van der Waals surface area contributed by atoms with Gasteiger partial charge in [0.15, 0.2) is 15.6 Å². The van der Waals surface area contributed by atoms with Gasteiger partial charge in [0.2, 0.25) is 15.8 Å². The van der Waals surface area contributed by atoms with Crippen LogP contribution >= 0.6 is 62.1 Å². The van der Waals surface area contributed by atoms with Crippen LogP contribution in [0.25, 0.3) is 32.4 Å². The van der Waals surface area contributed by atoms with Gasteiger partial charge in [-0.15, -0.1) is 33.7 Å². The fourth-order valence-corrected chi connectivity index (χ4v) is 11.0. The molecule has 15 nitrogen and oxygen atoms in total. The van der Waals surface area contributed by atoms with E-state index in [1.807, 2.05) is 23.8 Å². The Morgan fingerprint density at radius 2 is 1.21 bits per heavy atom. The summed E-state index contributed by atoms with van der Waals surface area (Å²) in [7, 11) is 0. The zero-order valence-corrected chi connectivity index (χ0v) is 43.9. The van der Waals surface area contributed by atoms with E-state index in [1.54, 1.807) is 28.0 Å². The number of fused-ring (bicyclic) bond motifs is 2. The summed E-state index contributed by atoms with van der Waals surface area (Å²) in [5, 5.41) is 27.2. The fourth-order valence-electron chi connectivity index (χ4n) is 8.11. The molecule has 20 heteroatoms. The fraction of sp³-hybridized carbons (Fsp3) is 0.489. The predicted octanol–water partition coefficient (Wildman–Crippen LogP) is 12.2. The lowest BCUT2D eigenvalue weighted by molar-refractivity contribution is 0.0934. The second kappa shape index (κ2) is 22.4. The number of piperidine rings is 1. The lowest BCUT2D eigenvalue weighted by Gasteiger charge is -2.33. The molecule has 1 N–H and O–H groups in total. The number of aliphatic hydroxyl groups is 1. The van der Waals surface area contributed by atoms with E-state index in [1.165, 1.54) is 32.5 Å². The highest BCUT2D eigenvalue weighted by Crippen LogP contribution is 2.37. The molecule has 6 aromatic heterocycles. The number of hydrogen-bond donors (Lipinski definition) is 1. The van der Waals surface area contributed by atoms with Gasteiger partial charge in [-0.1, -0.05) is 73.6 Å². The number of imidazole rings is 2. The summed E-state index contributed by atoms with van der Waals surface area (Å²) in [5.41, 5.74) is 4.10. The van der Waals surface area contributed by atoms with Gasteiger partial charge in [-0.2, -0.15) is 9.97 Å². The molecule has 0 bridgehead atoms. The number of nitrogens with zero attached hydrogens (tertiary/aromatic N) is 11. The van der Waals surface area contributed by atoms with E-state index in [4.69, 9.17) is 18.8 Å². The van der Waals surface area contributed by atoms with Gasteiger partial charge in [0.1, 0.15) is 6.10 Å². The minimum atomic E-state index is -0.190. The molecule has 67 heavy (non-hydrogen) atoms. The summed E-state index contributed by atoms with van der Waals surface area (Å²) in [4.78, 5) is 24.7. The number of rotatable bonds is 12. The maximum atomic E-state index is 9.56. The highest BCUT2D eigenvalue weighted by atomic mass is 79.9. The maximum Gasteiger partial charge on any atom is 0.324 e. The van der Waals surface area contributed by atoms with Crippen LogP contribution in [0.4, 0.5) is 6.01 Å². The topological polar surface area (TPSA) is 171 Å². The van der Waals surface area contributed by atoms with Gasteiger partial charge in [0, 0.05) is 51.8 Å². The van der Waals surface area contributed by atoms with Crippen molar-refractivity contribution in [2.24, 2.45) is 11.8 Å². The third kappa shape index (κ3) is 12.3. The molecular weight excluding hydrogens is 991 g/mol. The monoisotopic (exact) mass is 1050 g/mol. The molecule has 2 aliphatic rings. The number of halogens is 1. The van der Waals surface area contributed by atoms with Gasteiger partial charge in [-0.25, -0.2) is 19.0 Å². The molecule has 1 saturated carbocycles. The van der Waals surface area contributed by atoms with Crippen LogP contribution in [0, 0.1) is 11.8 Å². The van der Waals surface area contributed by atoms with Crippen molar-refractivity contribution in [3.63, 3.8) is 0 Å². The Balaban J connectivity index is 0.000000150. The Kier molecular flexibility index (Phi) is 16.4. The van der Waals surface area contributed by atoms with Gasteiger partial charge in [0.05, 0.1) is 29.9 Å². The molecular formula is C47H58BrN11O4S4. The zero-order valence-electron chi connectivity index (χ0n) is 39.1. The third-order valence-electron chi connectivity index (χ3n) is 12.3. The minimum Gasteiger partial charge on any atom is -0.466 e. The van der Waals surface area contributed by atoms with Crippen molar-refractivity contribution in [1.82, 2.24) is 49.5 Å². The molecule has 8 aromatic rings. The van der Waals surface area contributed by atoms with Crippen molar-refractivity contribution in [2.45, 2.75) is 120 Å². The summed E-state index contributed by atoms with van der Waals surface area (Å²) in [6.45, 7) is 14.1. The van der Waals surface area contributed by atoms with Crippen LogP contribution in [0.5, 0.6) is 5.19 Å². The molecule has 10 rings (SSSR count). The second-order valence-corrected chi connectivity index (χ2v) is 22.5. The normalized spacial score (nSPS) is 17.7. The van der Waals surface area contributed by atoms with Crippen LogP contribution < -0.4 is 9.64 Å². The number of benzene rings is 2. The van der Waals surface area contributed by atoms with Crippen LogP contribution in [0.1, 0.15) is 115 Å². The van der Waals surface area contributed by atoms with Gasteiger partial charge in [-0.05, 0) is 128 Å². The minimum absolute atomic E-state index is 0.0791. The average molecular weight is 1050 g/mol. The van der Waals surface area contributed by atoms with Gasteiger partial charge < -0.3 is 23.8 Å². The zero-order chi connectivity index (χ0) is 47.2. The van der Waals surface area contributed by atoms with Crippen molar-refractivity contribution in [2.75, 3.05) is 30.5 Å². The summed E-state index contributed by atoms with van der Waals surface area (Å²) in [5.74, 6) is 4.23. The number of ether oxygens (including phenoxy) is 1. The summed E-state index contributed by atoms with van der Waals surface area (Å²) >= 11 is 9.84. The molecule has 2 aromatic carbocycles. The van der Waals surface area contributed by atoms with Crippen LogP contribution in [0.3, 0.4) is 0 Å². The van der Waals surface area contributed by atoms with E-state index in [2.05, 4.69) is 152 Å². The van der Waals surface area contributed by atoms with Crippen molar-refractivity contribution < 1.29 is 18.9 Å². The number of thioether (sulfide) groups is 2. The largest absolute Gasteiger partial charge is 0.466 e. The molecule has 0 radical (unpaired) electrons. The van der Waals surface area contributed by atoms with E-state index < -0.39 is 0 Å². The maximum absolute atomic E-state index is 9.56. The van der Waals surface area contributed by atoms with Crippen molar-refractivity contribution >= 4 is 78.1 Å². The average Bonchev–Trinajstić information content (AvgIpc) is 4.21. The molecule has 1 saturated heterocycles. The molecule has 0 spiro atoms. The number of anilines is 1. The summed E-state index contributed by atoms with van der Waals surface area (Å²) in [6, 6.07) is 17.5. The summed E-state index contributed by atoms with van der Waals surface area (Å²) in [6.07, 6.45) is 14.2. The van der Waals surface area contributed by atoms with Crippen LogP contribution in [-0.4, -0.2) is 92.4 Å². The van der Waals surface area contributed by atoms with Gasteiger partial charge in [-0.3, -0.25) is 0 Å². The lowest BCUT2D eigenvalue weighted by atomic mass is 9.80. The standard InChI is InChI=1S/C23H28N6O2S2.C13H22N2O2.C11H8BrN3S2/c1-14(2)20-25-21(31-27-20)28-11-9-16(10-12-28)15(3)30-23-26-29-13-19(24-22(29)33-23)17-5-7-18(32-4)8-6-17;1-8(2)12-14-13(17-15-12)11-6-4-10(5-7-11)9(3)16;1-16-8-4-2-7(3-5-8)9-6-15-11(13-9)17-10(12)14-15/h5-8,13-16H,9-12H2,1-4H3;8-11,16H,4-7H2,1-3H3;2-6H,1H3/t15-;9-,10?,11?;/m00./s1. The van der Waals surface area contributed by atoms with Crippen LogP contribution in [-0.2, 0) is 0 Å². The lowest BCUT2D eigenvalue weighted by Crippen LogP contribution is -2.38. The van der Waals surface area contributed by atoms with Gasteiger partial charge in [0.25, 0.3) is 5.19 Å². The van der Waals surface area contributed by atoms with Gasteiger partial charge >= 0.3 is 6.01 Å². The Morgan fingerprint density at radius 3 is 1.70 bits per heavy atom. The molecule has 356 valence electrons. The molecule has 0 amide bonds. The van der Waals surface area contributed by atoms with E-state index in [0.717, 1.165) is 106 Å². The molecule has 2 atom stereocenters. The summed E-state index contributed by atoms with van der Waals surface area (Å²) < 4.78 is 21.5. The highest BCUT2D eigenvalue weighted by molar-refractivity contribution is 9.11. The Bertz CT molecular complexity index is 2720. The van der Waals surface area contributed by atoms with Crippen LogP contribution in [0.15, 0.2) is 83.7 Å². The van der Waals surface area contributed by atoms with E-state index >= 15 is 0 Å². The first-order valence-electron chi connectivity index (χ1n) is 22.8. The molecule has 1 aliphatic heterocycles. The predicted molar refractivity (Wildman–Crippen MR) is 272 cm³/mol. The van der Waals surface area contributed by atoms with Crippen LogP contribution in [0.2, 0.25) is 0 Å². The highest BCUT2D eigenvalue weighted by Gasteiger charge is 2.30. The number of hydrogen-bond acceptors (Lipinski definition) is 17. The van der Waals surface area contributed by atoms with Crippen molar-refractivity contribution in [1.29, 1.82) is 0 Å². The quantitative estimate of drug-likeness (QED) is 0.115. The molecule has 2 fully saturated rings. The number of aromatic nitrogens is 10. The molecule has 1 aliphatic carbocycles. The third-order valence-corrected chi connectivity index (χ3v) is 16.0. The van der Waals surface area contributed by atoms with Crippen molar-refractivity contribution in [3.05, 3.63) is 82.4 Å². The number of aliphatic hydroxyl groups excluding tert-OH is 1. The first kappa shape index (κ1) is 49.1. The SMILES string of the molecule is CC(C)c1noc(C2CCC([C@H](C)O)CC2)n1.CSc1ccc(-c2cn3nc(Br)sc3n2)cc1.CSc1ccc(-c2cn3nc(O[C@@H](C)C4CCN(c5nc(C(C)C)no5)CC4)sc3n2)cc1. The Morgan fingerprint density at radius 1 is 0.672 bits per heavy atom. The first-order valence-corrected chi connectivity index (χ1v) is 27.6. The second-order valence-electron chi connectivity index (χ2n) is 17.6. The van der Waals surface area contributed by atoms with Crippen molar-refractivity contribution in [3.8, 4) is 27.7 Å².